The molecule has 0 saturated heterocycles. The molecule has 2 atom stereocenters. The summed E-state index contributed by atoms with van der Waals surface area (Å²) in [6, 6.07) is 8.86. The zero-order valence-corrected chi connectivity index (χ0v) is 9.96. The largest absolute Gasteiger partial charge is 0.454 e. The molecule has 90 valence electrons. The lowest BCUT2D eigenvalue weighted by atomic mass is 9.86. The van der Waals surface area contributed by atoms with Crippen molar-refractivity contribution in [1.29, 1.82) is 0 Å². The number of ether oxygens (including phenoxy) is 1. The van der Waals surface area contributed by atoms with Crippen LogP contribution in [0.3, 0.4) is 0 Å². The number of aliphatic hydroxyl groups excluding tert-OH is 1. The fourth-order valence-corrected chi connectivity index (χ4v) is 1.82. The van der Waals surface area contributed by atoms with E-state index in [0.29, 0.717) is 5.56 Å². The molecule has 1 aromatic carbocycles. The van der Waals surface area contributed by atoms with Gasteiger partial charge in [0.05, 0.1) is 11.7 Å². The fraction of sp³-hybridized carbons (Fsp3) is 0.357. The number of aliphatic hydroxyl groups is 1. The van der Waals surface area contributed by atoms with E-state index >= 15 is 0 Å². The Morgan fingerprint density at radius 1 is 1.24 bits per heavy atom. The molecule has 0 bridgehead atoms. The summed E-state index contributed by atoms with van der Waals surface area (Å²) < 4.78 is 5.40. The lowest BCUT2D eigenvalue weighted by Gasteiger charge is -2.29. The number of hydrogen-bond donors (Lipinski definition) is 1. The van der Waals surface area contributed by atoms with Gasteiger partial charge in [-0.05, 0) is 18.2 Å². The van der Waals surface area contributed by atoms with E-state index in [9.17, 15) is 9.90 Å². The molecule has 0 fully saturated rings. The van der Waals surface area contributed by atoms with E-state index in [1.165, 1.54) is 0 Å². The molecule has 3 heteroatoms. The Morgan fingerprint density at radius 3 is 2.41 bits per heavy atom. The molecule has 1 aromatic rings. The maximum atomic E-state index is 11.9. The first-order valence-corrected chi connectivity index (χ1v) is 5.64. The molecule has 0 heterocycles. The Balaban J connectivity index is 2.08. The third-order valence-electron chi connectivity index (χ3n) is 3.21. The molecular formula is C14H16O3. The van der Waals surface area contributed by atoms with Gasteiger partial charge in [0.25, 0.3) is 0 Å². The van der Waals surface area contributed by atoms with Gasteiger partial charge in [0.1, 0.15) is 6.10 Å². The predicted molar refractivity (Wildman–Crippen MR) is 64.6 cm³/mol. The van der Waals surface area contributed by atoms with Crippen molar-refractivity contribution >= 4 is 5.97 Å². The van der Waals surface area contributed by atoms with Crippen molar-refractivity contribution in [3.63, 3.8) is 0 Å². The number of rotatable bonds is 2. The highest BCUT2D eigenvalue weighted by Crippen LogP contribution is 2.35. The van der Waals surface area contributed by atoms with Gasteiger partial charge in [0.2, 0.25) is 0 Å². The molecule has 0 saturated carbocycles. The molecule has 1 aliphatic carbocycles. The van der Waals surface area contributed by atoms with Crippen LogP contribution in [0.5, 0.6) is 0 Å². The van der Waals surface area contributed by atoms with Gasteiger partial charge < -0.3 is 9.84 Å². The predicted octanol–water partition coefficient (Wildman–Crippen LogP) is 2.17. The summed E-state index contributed by atoms with van der Waals surface area (Å²) in [6.07, 6.45) is 2.45. The fourth-order valence-electron chi connectivity index (χ4n) is 1.82. The van der Waals surface area contributed by atoms with E-state index in [1.54, 1.807) is 36.4 Å². The molecule has 3 nitrogen and oxygen atoms in total. The second kappa shape index (κ2) is 4.34. The van der Waals surface area contributed by atoms with Crippen LogP contribution >= 0.6 is 0 Å². The number of carbonyl (C=O) groups is 1. The average Bonchev–Trinajstić information content (AvgIpc) is 2.57. The topological polar surface area (TPSA) is 46.5 Å². The molecule has 0 amide bonds. The second-order valence-corrected chi connectivity index (χ2v) is 4.84. The van der Waals surface area contributed by atoms with E-state index in [1.807, 2.05) is 19.9 Å². The Kier molecular flexibility index (Phi) is 3.03. The number of carbonyl (C=O) groups excluding carboxylic acids is 1. The molecule has 0 aromatic heterocycles. The number of esters is 1. The molecular weight excluding hydrogens is 216 g/mol. The molecule has 2 rings (SSSR count). The van der Waals surface area contributed by atoms with Gasteiger partial charge in [-0.15, -0.1) is 0 Å². The quantitative estimate of drug-likeness (QED) is 0.628. The smallest absolute Gasteiger partial charge is 0.338 e. The summed E-state index contributed by atoms with van der Waals surface area (Å²) in [7, 11) is 0. The lowest BCUT2D eigenvalue weighted by Crippen LogP contribution is -2.36. The summed E-state index contributed by atoms with van der Waals surface area (Å²) >= 11 is 0. The highest BCUT2D eigenvalue weighted by molar-refractivity contribution is 5.89. The summed E-state index contributed by atoms with van der Waals surface area (Å²) in [5.41, 5.74) is 0.0582. The number of hydrogen-bond acceptors (Lipinski definition) is 3. The molecule has 1 N–H and O–H groups in total. The summed E-state index contributed by atoms with van der Waals surface area (Å²) in [4.78, 5) is 11.9. The Hall–Kier alpha value is -1.61. The molecule has 0 radical (unpaired) electrons. The van der Waals surface area contributed by atoms with Gasteiger partial charge in [-0.2, -0.15) is 0 Å². The van der Waals surface area contributed by atoms with Crippen molar-refractivity contribution in [2.75, 3.05) is 0 Å². The maximum absolute atomic E-state index is 11.9. The van der Waals surface area contributed by atoms with Crippen LogP contribution in [0.2, 0.25) is 0 Å². The first-order chi connectivity index (χ1) is 8.01. The van der Waals surface area contributed by atoms with Crippen LogP contribution in [0, 0.1) is 5.41 Å². The summed E-state index contributed by atoms with van der Waals surface area (Å²) in [5, 5.41) is 9.73. The van der Waals surface area contributed by atoms with Crippen LogP contribution in [0.25, 0.3) is 0 Å². The zero-order valence-electron chi connectivity index (χ0n) is 9.96. The van der Waals surface area contributed by atoms with Crippen molar-refractivity contribution in [3.05, 3.63) is 48.0 Å². The van der Waals surface area contributed by atoms with Crippen molar-refractivity contribution in [1.82, 2.24) is 0 Å². The minimum atomic E-state index is -0.573. The van der Waals surface area contributed by atoms with E-state index in [0.717, 1.165) is 0 Å². The van der Waals surface area contributed by atoms with Gasteiger partial charge in [0, 0.05) is 5.41 Å². The van der Waals surface area contributed by atoms with Crippen LogP contribution in [0.15, 0.2) is 42.5 Å². The zero-order chi connectivity index (χ0) is 12.5. The van der Waals surface area contributed by atoms with Crippen LogP contribution in [0.1, 0.15) is 24.2 Å². The standard InChI is InChI=1S/C14H16O3/c1-14(2)11(15)8-9-12(14)17-13(16)10-6-4-3-5-7-10/h3-9,11-12,15H,1-2H3. The molecule has 0 spiro atoms. The van der Waals surface area contributed by atoms with Crippen LogP contribution < -0.4 is 0 Å². The van der Waals surface area contributed by atoms with Gasteiger partial charge in [0.15, 0.2) is 0 Å². The molecule has 2 unspecified atom stereocenters. The van der Waals surface area contributed by atoms with Gasteiger partial charge in [-0.3, -0.25) is 0 Å². The molecule has 17 heavy (non-hydrogen) atoms. The minimum Gasteiger partial charge on any atom is -0.454 e. The Morgan fingerprint density at radius 2 is 1.88 bits per heavy atom. The third kappa shape index (κ3) is 2.24. The van der Waals surface area contributed by atoms with Gasteiger partial charge in [-0.25, -0.2) is 4.79 Å². The van der Waals surface area contributed by atoms with Crippen molar-refractivity contribution in [2.24, 2.45) is 5.41 Å². The second-order valence-electron chi connectivity index (χ2n) is 4.84. The van der Waals surface area contributed by atoms with E-state index < -0.39 is 11.5 Å². The molecule has 1 aliphatic rings. The monoisotopic (exact) mass is 232 g/mol. The summed E-state index contributed by atoms with van der Waals surface area (Å²) in [5.74, 6) is -0.359. The Labute approximate surface area is 101 Å². The van der Waals surface area contributed by atoms with Crippen molar-refractivity contribution in [3.8, 4) is 0 Å². The lowest BCUT2D eigenvalue weighted by molar-refractivity contribution is -0.0150. The van der Waals surface area contributed by atoms with Crippen molar-refractivity contribution in [2.45, 2.75) is 26.1 Å². The van der Waals surface area contributed by atoms with E-state index in [2.05, 4.69) is 0 Å². The minimum absolute atomic E-state index is 0.359. The third-order valence-corrected chi connectivity index (χ3v) is 3.21. The maximum Gasteiger partial charge on any atom is 0.338 e. The van der Waals surface area contributed by atoms with Crippen LogP contribution in [0.4, 0.5) is 0 Å². The van der Waals surface area contributed by atoms with E-state index in [4.69, 9.17) is 4.74 Å². The highest BCUT2D eigenvalue weighted by Gasteiger charge is 2.40. The average molecular weight is 232 g/mol. The van der Waals surface area contributed by atoms with E-state index in [-0.39, 0.29) is 12.1 Å². The first kappa shape index (κ1) is 11.9. The van der Waals surface area contributed by atoms with Crippen LogP contribution in [-0.2, 0) is 4.74 Å². The SMILES string of the molecule is CC1(C)C(O)C=CC1OC(=O)c1ccccc1. The first-order valence-electron chi connectivity index (χ1n) is 5.64. The summed E-state index contributed by atoms with van der Waals surface area (Å²) in [6.45, 7) is 3.75. The normalized spacial score (nSPS) is 25.8. The highest BCUT2D eigenvalue weighted by atomic mass is 16.5. The number of benzene rings is 1. The van der Waals surface area contributed by atoms with Crippen LogP contribution in [-0.4, -0.2) is 23.3 Å². The molecule has 0 aliphatic heterocycles. The van der Waals surface area contributed by atoms with Gasteiger partial charge in [-0.1, -0.05) is 38.1 Å². The Bertz CT molecular complexity index is 434. The van der Waals surface area contributed by atoms with Gasteiger partial charge >= 0.3 is 5.97 Å². The van der Waals surface area contributed by atoms with Crippen molar-refractivity contribution < 1.29 is 14.6 Å².